The Kier molecular flexibility index (Phi) is 4.86. The third-order valence-corrected chi connectivity index (χ3v) is 1.05. The van der Waals surface area contributed by atoms with Gasteiger partial charge in [0.1, 0.15) is 0 Å². The van der Waals surface area contributed by atoms with Gasteiger partial charge in [0.2, 0.25) is 0 Å². The number of hydrogen-bond donors (Lipinski definition) is 0. The number of carbonyl (C=O) groups excluding carboxylic acids is 1. The molecule has 0 aliphatic heterocycles. The summed E-state index contributed by atoms with van der Waals surface area (Å²) in [6.45, 7) is 7.27. The summed E-state index contributed by atoms with van der Waals surface area (Å²) in [6, 6.07) is 0. The van der Waals surface area contributed by atoms with E-state index in [0.717, 1.165) is 0 Å². The van der Waals surface area contributed by atoms with Gasteiger partial charge in [-0.05, 0) is 20.8 Å². The van der Waals surface area contributed by atoms with Gasteiger partial charge in [-0.15, -0.1) is 0 Å². The standard InChI is InChI=1S/C8H16O3/c1-5-8(9)11-7(4)10-6(2)3/h6-7H,5H2,1-4H3. The molecular formula is C8H16O3. The Hall–Kier alpha value is -0.570. The summed E-state index contributed by atoms with van der Waals surface area (Å²) in [4.78, 5) is 10.7. The van der Waals surface area contributed by atoms with Crippen LogP contribution in [0.5, 0.6) is 0 Å². The fourth-order valence-corrected chi connectivity index (χ4v) is 0.679. The Morgan fingerprint density at radius 1 is 1.36 bits per heavy atom. The molecule has 3 nitrogen and oxygen atoms in total. The minimum Gasteiger partial charge on any atom is -0.436 e. The summed E-state index contributed by atoms with van der Waals surface area (Å²) in [5, 5.41) is 0. The second-order valence-electron chi connectivity index (χ2n) is 2.60. The fourth-order valence-electron chi connectivity index (χ4n) is 0.679. The van der Waals surface area contributed by atoms with E-state index in [0.29, 0.717) is 6.42 Å². The minimum atomic E-state index is -0.428. The van der Waals surface area contributed by atoms with Gasteiger partial charge in [-0.2, -0.15) is 0 Å². The highest BCUT2D eigenvalue weighted by Gasteiger charge is 2.08. The first-order valence-corrected chi connectivity index (χ1v) is 3.91. The van der Waals surface area contributed by atoms with E-state index in [1.165, 1.54) is 0 Å². The van der Waals surface area contributed by atoms with Crippen molar-refractivity contribution in [3.05, 3.63) is 0 Å². The Morgan fingerprint density at radius 3 is 2.27 bits per heavy atom. The van der Waals surface area contributed by atoms with Crippen LogP contribution in [-0.2, 0) is 14.3 Å². The van der Waals surface area contributed by atoms with E-state index in [1.807, 2.05) is 13.8 Å². The Balaban J connectivity index is 3.51. The Bertz CT molecular complexity index is 121. The largest absolute Gasteiger partial charge is 0.436 e. The van der Waals surface area contributed by atoms with Crippen LogP contribution in [0.2, 0.25) is 0 Å². The molecule has 0 spiro atoms. The van der Waals surface area contributed by atoms with Crippen LogP contribution in [0.15, 0.2) is 0 Å². The summed E-state index contributed by atoms with van der Waals surface area (Å²) >= 11 is 0. The highest BCUT2D eigenvalue weighted by molar-refractivity contribution is 5.68. The number of rotatable bonds is 4. The van der Waals surface area contributed by atoms with E-state index in [9.17, 15) is 4.79 Å². The lowest BCUT2D eigenvalue weighted by Crippen LogP contribution is -2.20. The molecule has 0 rings (SSSR count). The molecule has 3 heteroatoms. The molecule has 0 aromatic heterocycles. The average molecular weight is 160 g/mol. The molecule has 0 radical (unpaired) electrons. The van der Waals surface area contributed by atoms with Gasteiger partial charge < -0.3 is 9.47 Å². The zero-order valence-corrected chi connectivity index (χ0v) is 7.59. The lowest BCUT2D eigenvalue weighted by molar-refractivity contribution is -0.181. The summed E-state index contributed by atoms with van der Waals surface area (Å²) in [5.41, 5.74) is 0. The van der Waals surface area contributed by atoms with Crippen LogP contribution in [0.4, 0.5) is 0 Å². The lowest BCUT2D eigenvalue weighted by Gasteiger charge is -2.15. The Morgan fingerprint density at radius 2 is 1.91 bits per heavy atom. The molecule has 0 aliphatic rings. The van der Waals surface area contributed by atoms with Crippen LogP contribution < -0.4 is 0 Å². The van der Waals surface area contributed by atoms with Gasteiger partial charge in [0.05, 0.1) is 6.10 Å². The predicted octanol–water partition coefficient (Wildman–Crippen LogP) is 1.71. The zero-order valence-electron chi connectivity index (χ0n) is 7.59. The molecule has 0 aromatic rings. The van der Waals surface area contributed by atoms with Crippen molar-refractivity contribution >= 4 is 5.97 Å². The van der Waals surface area contributed by atoms with Crippen LogP contribution in [0.25, 0.3) is 0 Å². The lowest BCUT2D eigenvalue weighted by atomic mass is 10.5. The van der Waals surface area contributed by atoms with Gasteiger partial charge in [0.15, 0.2) is 6.29 Å². The van der Waals surface area contributed by atoms with Crippen molar-refractivity contribution in [3.63, 3.8) is 0 Å². The van der Waals surface area contributed by atoms with Crippen molar-refractivity contribution < 1.29 is 14.3 Å². The molecule has 1 unspecified atom stereocenters. The Labute approximate surface area is 67.7 Å². The first-order chi connectivity index (χ1) is 5.06. The van der Waals surface area contributed by atoms with E-state index in [2.05, 4.69) is 0 Å². The first-order valence-electron chi connectivity index (χ1n) is 3.91. The normalized spacial score (nSPS) is 13.2. The molecular weight excluding hydrogens is 144 g/mol. The topological polar surface area (TPSA) is 35.5 Å². The quantitative estimate of drug-likeness (QED) is 0.464. The maximum atomic E-state index is 10.7. The summed E-state index contributed by atoms with van der Waals surface area (Å²) < 4.78 is 10.0. The van der Waals surface area contributed by atoms with Crippen molar-refractivity contribution in [2.24, 2.45) is 0 Å². The van der Waals surface area contributed by atoms with E-state index in [1.54, 1.807) is 13.8 Å². The molecule has 0 fully saturated rings. The molecule has 0 aliphatic carbocycles. The number of esters is 1. The van der Waals surface area contributed by atoms with Crippen LogP contribution in [0, 0.1) is 0 Å². The van der Waals surface area contributed by atoms with Crippen molar-refractivity contribution in [2.45, 2.75) is 46.5 Å². The maximum Gasteiger partial charge on any atom is 0.307 e. The van der Waals surface area contributed by atoms with Gasteiger partial charge in [-0.3, -0.25) is 4.79 Å². The van der Waals surface area contributed by atoms with Crippen LogP contribution >= 0.6 is 0 Å². The zero-order chi connectivity index (χ0) is 8.85. The van der Waals surface area contributed by atoms with Gasteiger partial charge in [-0.25, -0.2) is 0 Å². The van der Waals surface area contributed by atoms with Gasteiger partial charge in [0, 0.05) is 6.42 Å². The van der Waals surface area contributed by atoms with Crippen LogP contribution in [0.3, 0.4) is 0 Å². The van der Waals surface area contributed by atoms with E-state index < -0.39 is 6.29 Å². The number of hydrogen-bond acceptors (Lipinski definition) is 3. The van der Waals surface area contributed by atoms with Gasteiger partial charge in [-0.1, -0.05) is 6.92 Å². The van der Waals surface area contributed by atoms with Crippen LogP contribution in [-0.4, -0.2) is 18.4 Å². The molecule has 11 heavy (non-hydrogen) atoms. The van der Waals surface area contributed by atoms with Gasteiger partial charge in [0.25, 0.3) is 0 Å². The fraction of sp³-hybridized carbons (Fsp3) is 0.875. The van der Waals surface area contributed by atoms with Crippen molar-refractivity contribution in [1.82, 2.24) is 0 Å². The first kappa shape index (κ1) is 10.4. The second-order valence-corrected chi connectivity index (χ2v) is 2.60. The van der Waals surface area contributed by atoms with Crippen molar-refractivity contribution in [2.75, 3.05) is 0 Å². The van der Waals surface area contributed by atoms with Gasteiger partial charge >= 0.3 is 5.97 Å². The third kappa shape index (κ3) is 5.85. The number of carbonyl (C=O) groups is 1. The molecule has 0 saturated carbocycles. The maximum absolute atomic E-state index is 10.7. The molecule has 0 aromatic carbocycles. The van der Waals surface area contributed by atoms with Crippen molar-refractivity contribution in [1.29, 1.82) is 0 Å². The molecule has 0 heterocycles. The highest BCUT2D eigenvalue weighted by atomic mass is 16.7. The molecule has 0 saturated heterocycles. The summed E-state index contributed by atoms with van der Waals surface area (Å²) in [7, 11) is 0. The molecule has 0 N–H and O–H groups in total. The summed E-state index contributed by atoms with van der Waals surface area (Å²) in [6.07, 6.45) is 0.0586. The van der Waals surface area contributed by atoms with E-state index >= 15 is 0 Å². The average Bonchev–Trinajstić information content (AvgIpc) is 1.85. The minimum absolute atomic E-state index is 0.0923. The molecule has 0 amide bonds. The van der Waals surface area contributed by atoms with E-state index in [-0.39, 0.29) is 12.1 Å². The molecule has 66 valence electrons. The molecule has 0 bridgehead atoms. The van der Waals surface area contributed by atoms with Crippen LogP contribution in [0.1, 0.15) is 34.1 Å². The number of ether oxygens (including phenoxy) is 2. The van der Waals surface area contributed by atoms with E-state index in [4.69, 9.17) is 9.47 Å². The second kappa shape index (κ2) is 5.13. The monoisotopic (exact) mass is 160 g/mol. The predicted molar refractivity (Wildman–Crippen MR) is 42.1 cm³/mol. The summed E-state index contributed by atoms with van der Waals surface area (Å²) in [5.74, 6) is -0.224. The molecule has 1 atom stereocenters. The SMILES string of the molecule is CCC(=O)OC(C)OC(C)C. The van der Waals surface area contributed by atoms with Crippen molar-refractivity contribution in [3.8, 4) is 0 Å². The smallest absolute Gasteiger partial charge is 0.307 e. The highest BCUT2D eigenvalue weighted by Crippen LogP contribution is 2.00. The third-order valence-electron chi connectivity index (χ3n) is 1.05.